The molecule has 0 unspecified atom stereocenters. The third kappa shape index (κ3) is 5.98. The molecule has 1 heterocycles. The fraction of sp³-hybridized carbons (Fsp3) is 0.154. The van der Waals surface area contributed by atoms with Gasteiger partial charge in [-0.2, -0.15) is 0 Å². The van der Waals surface area contributed by atoms with Crippen molar-refractivity contribution in [2.75, 3.05) is 13.2 Å². The van der Waals surface area contributed by atoms with Crippen LogP contribution in [0.1, 0.15) is 16.7 Å². The van der Waals surface area contributed by atoms with E-state index < -0.39 is 32.4 Å². The summed E-state index contributed by atoms with van der Waals surface area (Å²) >= 11 is 0.826. The second-order valence-electron chi connectivity index (χ2n) is 8.29. The van der Waals surface area contributed by atoms with Crippen molar-refractivity contribution in [3.05, 3.63) is 102 Å². The lowest BCUT2D eigenvalue weighted by molar-refractivity contribution is -0.394. The molecule has 3 aromatic rings. The zero-order chi connectivity index (χ0) is 27.4. The highest BCUT2D eigenvalue weighted by atomic mass is 32.2. The number of hydrogen-bond donors (Lipinski definition) is 0. The summed E-state index contributed by atoms with van der Waals surface area (Å²) in [5.41, 5.74) is 1.64. The van der Waals surface area contributed by atoms with E-state index in [4.69, 9.17) is 9.47 Å². The second-order valence-corrected chi connectivity index (χ2v) is 9.28. The number of nitro benzene ring substituents is 2. The van der Waals surface area contributed by atoms with E-state index >= 15 is 0 Å². The van der Waals surface area contributed by atoms with Crippen LogP contribution >= 0.6 is 11.8 Å². The van der Waals surface area contributed by atoms with Gasteiger partial charge in [0.05, 0.1) is 27.4 Å². The zero-order valence-corrected chi connectivity index (χ0v) is 21.1. The number of carbonyl (C=O) groups excluding carboxylic acids is 2. The minimum Gasteiger partial charge on any atom is -0.491 e. The van der Waals surface area contributed by atoms with E-state index in [9.17, 15) is 29.8 Å². The molecule has 0 spiro atoms. The Kier molecular flexibility index (Phi) is 7.72. The van der Waals surface area contributed by atoms with Crippen molar-refractivity contribution in [3.8, 4) is 17.2 Å². The van der Waals surface area contributed by atoms with Gasteiger partial charge in [0.15, 0.2) is 0 Å². The number of thioether (sulfide) groups is 1. The average Bonchev–Trinajstić information content (AvgIpc) is 3.14. The van der Waals surface area contributed by atoms with Crippen LogP contribution < -0.4 is 9.47 Å². The Hall–Kier alpha value is -4.71. The fourth-order valence-corrected chi connectivity index (χ4v) is 4.43. The van der Waals surface area contributed by atoms with Gasteiger partial charge in [-0.05, 0) is 72.6 Å². The lowest BCUT2D eigenvalue weighted by atomic mass is 10.1. The number of nitro groups is 2. The molecule has 0 aliphatic carbocycles. The van der Waals surface area contributed by atoms with E-state index in [2.05, 4.69) is 0 Å². The molecular formula is C26H21N3O8S. The molecule has 1 fully saturated rings. The molecule has 0 aromatic heterocycles. The number of ether oxygens (including phenoxy) is 2. The molecule has 0 radical (unpaired) electrons. The highest BCUT2D eigenvalue weighted by Crippen LogP contribution is 2.35. The Balaban J connectivity index is 1.41. The Bertz CT molecular complexity index is 1470. The Morgan fingerprint density at radius 1 is 0.921 bits per heavy atom. The molecule has 2 amide bonds. The highest BCUT2D eigenvalue weighted by molar-refractivity contribution is 8.18. The number of hydrogen-bond acceptors (Lipinski definition) is 9. The number of non-ortho nitro benzene ring substituents is 1. The lowest BCUT2D eigenvalue weighted by Gasteiger charge is -2.14. The van der Waals surface area contributed by atoms with Crippen molar-refractivity contribution in [1.82, 2.24) is 4.90 Å². The van der Waals surface area contributed by atoms with Crippen LogP contribution in [0, 0.1) is 34.1 Å². The minimum atomic E-state index is -0.764. The SMILES string of the molecule is Cc1ccc(C)c(OCCN2C(=O)S/C(=C\c3ccc(Oc4ccc([N+](=O)[O-])cc4[N+](=O)[O-])cc3)C2=O)c1. The third-order valence-corrected chi connectivity index (χ3v) is 6.45. The molecule has 194 valence electrons. The van der Waals surface area contributed by atoms with Gasteiger partial charge >= 0.3 is 5.69 Å². The van der Waals surface area contributed by atoms with Crippen LogP contribution in [-0.2, 0) is 4.79 Å². The molecule has 38 heavy (non-hydrogen) atoms. The first kappa shape index (κ1) is 26.4. The van der Waals surface area contributed by atoms with Gasteiger partial charge < -0.3 is 9.47 Å². The molecule has 1 aliphatic rings. The van der Waals surface area contributed by atoms with Crippen LogP contribution in [0.2, 0.25) is 0 Å². The molecular weight excluding hydrogens is 514 g/mol. The van der Waals surface area contributed by atoms with E-state index in [1.807, 2.05) is 32.0 Å². The van der Waals surface area contributed by atoms with Gasteiger partial charge in [0, 0.05) is 6.07 Å². The van der Waals surface area contributed by atoms with Crippen LogP contribution in [0.3, 0.4) is 0 Å². The number of amides is 2. The van der Waals surface area contributed by atoms with Gasteiger partial charge in [-0.25, -0.2) is 0 Å². The predicted molar refractivity (Wildman–Crippen MR) is 140 cm³/mol. The lowest BCUT2D eigenvalue weighted by Crippen LogP contribution is -2.32. The summed E-state index contributed by atoms with van der Waals surface area (Å²) in [5.74, 6) is 0.369. The van der Waals surface area contributed by atoms with Gasteiger partial charge in [-0.1, -0.05) is 24.3 Å². The maximum absolute atomic E-state index is 12.8. The normalized spacial score (nSPS) is 14.2. The van der Waals surface area contributed by atoms with Gasteiger partial charge in [0.2, 0.25) is 5.75 Å². The van der Waals surface area contributed by atoms with Gasteiger partial charge in [0.1, 0.15) is 18.1 Å². The molecule has 11 nitrogen and oxygen atoms in total. The highest BCUT2D eigenvalue weighted by Gasteiger charge is 2.34. The number of imide groups is 1. The van der Waals surface area contributed by atoms with Crippen LogP contribution in [0.15, 0.2) is 65.6 Å². The monoisotopic (exact) mass is 535 g/mol. The van der Waals surface area contributed by atoms with Crippen LogP contribution in [-0.4, -0.2) is 39.0 Å². The summed E-state index contributed by atoms with van der Waals surface area (Å²) < 4.78 is 11.3. The Labute approximate surface area is 221 Å². The number of aryl methyl sites for hydroxylation is 2. The van der Waals surface area contributed by atoms with Crippen LogP contribution in [0.4, 0.5) is 16.2 Å². The van der Waals surface area contributed by atoms with Gasteiger partial charge in [-0.3, -0.25) is 34.7 Å². The van der Waals surface area contributed by atoms with E-state index in [-0.39, 0.29) is 29.6 Å². The topological polar surface area (TPSA) is 142 Å². The van der Waals surface area contributed by atoms with Crippen LogP contribution in [0.5, 0.6) is 17.2 Å². The molecule has 3 aromatic carbocycles. The molecule has 4 rings (SSSR count). The first-order valence-corrected chi connectivity index (χ1v) is 12.1. The molecule has 0 saturated carbocycles. The molecule has 0 bridgehead atoms. The first-order chi connectivity index (χ1) is 18.1. The maximum atomic E-state index is 12.8. The first-order valence-electron chi connectivity index (χ1n) is 11.3. The maximum Gasteiger partial charge on any atom is 0.318 e. The number of benzene rings is 3. The Morgan fingerprint density at radius 2 is 1.66 bits per heavy atom. The van der Waals surface area contributed by atoms with E-state index in [1.54, 1.807) is 18.2 Å². The van der Waals surface area contributed by atoms with Gasteiger partial charge in [-0.15, -0.1) is 0 Å². The molecule has 1 saturated heterocycles. The quantitative estimate of drug-likeness (QED) is 0.182. The van der Waals surface area contributed by atoms with Crippen LogP contribution in [0.25, 0.3) is 6.08 Å². The van der Waals surface area contributed by atoms with Crippen molar-refractivity contribution in [2.45, 2.75) is 13.8 Å². The number of rotatable bonds is 9. The van der Waals surface area contributed by atoms with Gasteiger partial charge in [0.25, 0.3) is 16.8 Å². The largest absolute Gasteiger partial charge is 0.491 e. The molecule has 0 atom stereocenters. The van der Waals surface area contributed by atoms with Crippen molar-refractivity contribution in [3.63, 3.8) is 0 Å². The summed E-state index contributed by atoms with van der Waals surface area (Å²) in [4.78, 5) is 47.3. The van der Waals surface area contributed by atoms with Crippen molar-refractivity contribution in [1.29, 1.82) is 0 Å². The summed E-state index contributed by atoms with van der Waals surface area (Å²) in [5, 5.41) is 21.8. The summed E-state index contributed by atoms with van der Waals surface area (Å²) in [6.07, 6.45) is 1.56. The number of carbonyl (C=O) groups is 2. The van der Waals surface area contributed by atoms with E-state index in [0.29, 0.717) is 11.3 Å². The number of nitrogens with zero attached hydrogens (tertiary/aromatic N) is 3. The molecule has 1 aliphatic heterocycles. The van der Waals surface area contributed by atoms with E-state index in [0.717, 1.165) is 46.0 Å². The molecule has 0 N–H and O–H groups in total. The Morgan fingerprint density at radius 3 is 2.34 bits per heavy atom. The standard InChI is InChI=1S/C26H21N3O8S/c1-16-3-4-17(2)23(13-16)36-12-11-27-25(30)24(38-26(27)31)14-18-5-8-20(9-6-18)37-22-10-7-19(28(32)33)15-21(22)29(34)35/h3-10,13-15H,11-12H2,1-2H3/b24-14-. The average molecular weight is 536 g/mol. The second kappa shape index (κ2) is 11.1. The zero-order valence-electron chi connectivity index (χ0n) is 20.3. The van der Waals surface area contributed by atoms with Crippen molar-refractivity contribution in [2.24, 2.45) is 0 Å². The van der Waals surface area contributed by atoms with Crippen molar-refractivity contribution >= 4 is 40.4 Å². The summed E-state index contributed by atoms with van der Waals surface area (Å²) in [6, 6.07) is 15.2. The smallest absolute Gasteiger partial charge is 0.318 e. The van der Waals surface area contributed by atoms with E-state index in [1.165, 1.54) is 12.1 Å². The molecule has 12 heteroatoms. The predicted octanol–water partition coefficient (Wildman–Crippen LogP) is 6.03. The summed E-state index contributed by atoms with van der Waals surface area (Å²) in [7, 11) is 0. The minimum absolute atomic E-state index is 0.107. The summed E-state index contributed by atoms with van der Waals surface area (Å²) in [6.45, 7) is 4.14. The van der Waals surface area contributed by atoms with Crippen molar-refractivity contribution < 1.29 is 28.9 Å². The fourth-order valence-electron chi connectivity index (χ4n) is 3.56. The third-order valence-electron chi connectivity index (χ3n) is 5.55.